The number of piperidine rings is 1. The maximum absolute atomic E-state index is 12.7. The highest BCUT2D eigenvalue weighted by Gasteiger charge is 2.29. The number of nitrogens with zero attached hydrogens (tertiary/aromatic N) is 1. The number of nitrogens with one attached hydrogen (secondary N) is 1. The SMILES string of the molecule is Cc1ccc(Cl)cc1NC(=O)[C@@H]1CCCN(C(=O)c2ccc(Cl)cc2)C1. The lowest BCUT2D eigenvalue weighted by atomic mass is 9.96. The van der Waals surface area contributed by atoms with Gasteiger partial charge in [-0.05, 0) is 61.7 Å². The quantitative estimate of drug-likeness (QED) is 0.818. The molecule has 26 heavy (non-hydrogen) atoms. The first-order chi connectivity index (χ1) is 12.4. The molecule has 0 aliphatic carbocycles. The maximum atomic E-state index is 12.7. The van der Waals surface area contributed by atoms with Crippen molar-refractivity contribution in [3.63, 3.8) is 0 Å². The second kappa shape index (κ2) is 8.11. The van der Waals surface area contributed by atoms with E-state index in [0.717, 1.165) is 18.4 Å². The van der Waals surface area contributed by atoms with Crippen LogP contribution in [-0.4, -0.2) is 29.8 Å². The predicted octanol–water partition coefficient (Wildman–Crippen LogP) is 4.79. The van der Waals surface area contributed by atoms with E-state index in [4.69, 9.17) is 23.2 Å². The number of carbonyl (C=O) groups is 2. The van der Waals surface area contributed by atoms with Gasteiger partial charge in [-0.25, -0.2) is 0 Å². The number of likely N-dealkylation sites (tertiary alicyclic amines) is 1. The van der Waals surface area contributed by atoms with Gasteiger partial charge in [0.25, 0.3) is 5.91 Å². The third-order valence-corrected chi connectivity index (χ3v) is 5.12. The summed E-state index contributed by atoms with van der Waals surface area (Å²) in [4.78, 5) is 27.1. The molecular weight excluding hydrogens is 371 g/mol. The minimum atomic E-state index is -0.238. The van der Waals surface area contributed by atoms with Gasteiger partial charge in [0, 0.05) is 34.4 Å². The Bertz CT molecular complexity index is 821. The molecule has 0 radical (unpaired) electrons. The van der Waals surface area contributed by atoms with Gasteiger partial charge in [0.05, 0.1) is 5.92 Å². The van der Waals surface area contributed by atoms with E-state index >= 15 is 0 Å². The van der Waals surface area contributed by atoms with Crippen LogP contribution in [0.4, 0.5) is 5.69 Å². The van der Waals surface area contributed by atoms with Gasteiger partial charge in [-0.15, -0.1) is 0 Å². The molecule has 1 atom stereocenters. The third kappa shape index (κ3) is 4.37. The number of rotatable bonds is 3. The largest absolute Gasteiger partial charge is 0.338 e. The van der Waals surface area contributed by atoms with Gasteiger partial charge in [-0.2, -0.15) is 0 Å². The van der Waals surface area contributed by atoms with Gasteiger partial charge < -0.3 is 10.2 Å². The molecule has 1 aliphatic heterocycles. The van der Waals surface area contributed by atoms with Gasteiger partial charge >= 0.3 is 0 Å². The lowest BCUT2D eigenvalue weighted by Gasteiger charge is -2.32. The van der Waals surface area contributed by atoms with E-state index in [9.17, 15) is 9.59 Å². The maximum Gasteiger partial charge on any atom is 0.253 e. The normalized spacial score (nSPS) is 17.0. The highest BCUT2D eigenvalue weighted by Crippen LogP contribution is 2.24. The molecule has 0 bridgehead atoms. The van der Waals surface area contributed by atoms with Gasteiger partial charge in [0.1, 0.15) is 0 Å². The summed E-state index contributed by atoms with van der Waals surface area (Å²) in [5, 5.41) is 4.12. The lowest BCUT2D eigenvalue weighted by molar-refractivity contribution is -0.121. The number of benzene rings is 2. The molecule has 0 unspecified atom stereocenters. The van der Waals surface area contributed by atoms with Crippen LogP contribution >= 0.6 is 23.2 Å². The molecule has 1 saturated heterocycles. The van der Waals surface area contributed by atoms with Crippen LogP contribution in [0.1, 0.15) is 28.8 Å². The molecule has 0 aromatic heterocycles. The van der Waals surface area contributed by atoms with Crippen molar-refractivity contribution in [1.82, 2.24) is 4.90 Å². The molecule has 136 valence electrons. The number of aryl methyl sites for hydroxylation is 1. The van der Waals surface area contributed by atoms with Crippen LogP contribution in [0.15, 0.2) is 42.5 Å². The van der Waals surface area contributed by atoms with Crippen molar-refractivity contribution >= 4 is 40.7 Å². The molecule has 3 rings (SSSR count). The summed E-state index contributed by atoms with van der Waals surface area (Å²) in [6.07, 6.45) is 1.56. The minimum Gasteiger partial charge on any atom is -0.338 e. The standard InChI is InChI=1S/C20H20Cl2N2O2/c1-13-4-7-17(22)11-18(13)23-19(25)15-3-2-10-24(12-15)20(26)14-5-8-16(21)9-6-14/h4-9,11,15H,2-3,10,12H2,1H3,(H,23,25)/t15-/m1/s1. The number of amides is 2. The Kier molecular flexibility index (Phi) is 5.84. The van der Waals surface area contributed by atoms with Crippen molar-refractivity contribution in [3.8, 4) is 0 Å². The molecule has 1 heterocycles. The highest BCUT2D eigenvalue weighted by molar-refractivity contribution is 6.31. The zero-order valence-corrected chi connectivity index (χ0v) is 16.0. The van der Waals surface area contributed by atoms with Gasteiger partial charge in [-0.1, -0.05) is 29.3 Å². The van der Waals surface area contributed by atoms with Crippen LogP contribution in [0.2, 0.25) is 10.0 Å². The summed E-state index contributed by atoms with van der Waals surface area (Å²) in [6, 6.07) is 12.2. The second-order valence-corrected chi connectivity index (χ2v) is 7.42. The molecular formula is C20H20Cl2N2O2. The lowest BCUT2D eigenvalue weighted by Crippen LogP contribution is -2.43. The van der Waals surface area contributed by atoms with Crippen LogP contribution in [0.3, 0.4) is 0 Å². The van der Waals surface area contributed by atoms with E-state index in [2.05, 4.69) is 5.32 Å². The van der Waals surface area contributed by atoms with Crippen molar-refractivity contribution in [3.05, 3.63) is 63.6 Å². The number of hydrogen-bond acceptors (Lipinski definition) is 2. The first-order valence-electron chi connectivity index (χ1n) is 8.56. The third-order valence-electron chi connectivity index (χ3n) is 4.63. The summed E-state index contributed by atoms with van der Waals surface area (Å²) in [6.45, 7) is 2.98. The van der Waals surface area contributed by atoms with Crippen LogP contribution in [0.25, 0.3) is 0 Å². The Hall–Kier alpha value is -2.04. The van der Waals surface area contributed by atoms with Crippen molar-refractivity contribution in [1.29, 1.82) is 0 Å². The van der Waals surface area contributed by atoms with E-state index in [1.54, 1.807) is 41.3 Å². The minimum absolute atomic E-state index is 0.0712. The first kappa shape index (κ1) is 18.7. The van der Waals surface area contributed by atoms with Crippen molar-refractivity contribution in [2.75, 3.05) is 18.4 Å². The van der Waals surface area contributed by atoms with Crippen molar-refractivity contribution in [2.45, 2.75) is 19.8 Å². The molecule has 1 N–H and O–H groups in total. The van der Waals surface area contributed by atoms with E-state index in [-0.39, 0.29) is 17.7 Å². The highest BCUT2D eigenvalue weighted by atomic mass is 35.5. The zero-order chi connectivity index (χ0) is 18.7. The van der Waals surface area contributed by atoms with E-state index in [0.29, 0.717) is 34.4 Å². The summed E-state index contributed by atoms with van der Waals surface area (Å²) in [7, 11) is 0. The summed E-state index contributed by atoms with van der Waals surface area (Å²) in [5.74, 6) is -0.388. The van der Waals surface area contributed by atoms with Crippen LogP contribution in [-0.2, 0) is 4.79 Å². The van der Waals surface area contributed by atoms with Crippen molar-refractivity contribution < 1.29 is 9.59 Å². The number of hydrogen-bond donors (Lipinski definition) is 1. The van der Waals surface area contributed by atoms with Gasteiger partial charge in [0.2, 0.25) is 5.91 Å². The van der Waals surface area contributed by atoms with E-state index < -0.39 is 0 Å². The topological polar surface area (TPSA) is 49.4 Å². The van der Waals surface area contributed by atoms with E-state index in [1.165, 1.54) is 0 Å². The van der Waals surface area contributed by atoms with Gasteiger partial charge in [-0.3, -0.25) is 9.59 Å². The fraction of sp³-hybridized carbons (Fsp3) is 0.300. The molecule has 1 aliphatic rings. The zero-order valence-electron chi connectivity index (χ0n) is 14.5. The summed E-state index contributed by atoms with van der Waals surface area (Å²) in [5.41, 5.74) is 2.25. The molecule has 1 fully saturated rings. The van der Waals surface area contributed by atoms with Gasteiger partial charge in [0.15, 0.2) is 0 Å². The Morgan fingerprint density at radius 3 is 2.50 bits per heavy atom. The monoisotopic (exact) mass is 390 g/mol. The van der Waals surface area contributed by atoms with Crippen molar-refractivity contribution in [2.24, 2.45) is 5.92 Å². The fourth-order valence-corrected chi connectivity index (χ4v) is 3.41. The molecule has 0 spiro atoms. The first-order valence-corrected chi connectivity index (χ1v) is 9.31. The number of carbonyl (C=O) groups excluding carboxylic acids is 2. The van der Waals surface area contributed by atoms with Crippen LogP contribution in [0, 0.1) is 12.8 Å². The molecule has 2 amide bonds. The fourth-order valence-electron chi connectivity index (χ4n) is 3.11. The molecule has 0 saturated carbocycles. The van der Waals surface area contributed by atoms with E-state index in [1.807, 2.05) is 13.0 Å². The Morgan fingerprint density at radius 1 is 1.08 bits per heavy atom. The number of anilines is 1. The summed E-state index contributed by atoms with van der Waals surface area (Å²) >= 11 is 11.9. The Labute approximate surface area is 163 Å². The predicted molar refractivity (Wildman–Crippen MR) is 105 cm³/mol. The smallest absolute Gasteiger partial charge is 0.253 e. The Morgan fingerprint density at radius 2 is 1.77 bits per heavy atom. The van der Waals surface area contributed by atoms with Crippen LogP contribution < -0.4 is 5.32 Å². The molecule has 2 aromatic carbocycles. The molecule has 2 aromatic rings. The molecule has 4 nitrogen and oxygen atoms in total. The summed E-state index contributed by atoms with van der Waals surface area (Å²) < 4.78 is 0. The second-order valence-electron chi connectivity index (χ2n) is 6.55. The Balaban J connectivity index is 1.67. The molecule has 6 heteroatoms. The van der Waals surface area contributed by atoms with Crippen LogP contribution in [0.5, 0.6) is 0 Å². The number of halogens is 2. The average Bonchev–Trinajstić information content (AvgIpc) is 2.65. The average molecular weight is 391 g/mol.